The Balaban J connectivity index is 0.000000454. The van der Waals surface area contributed by atoms with E-state index in [1.807, 2.05) is 0 Å². The first kappa shape index (κ1) is 18.4. The minimum Gasteiger partial charge on any atom is -0.412 e. The van der Waals surface area contributed by atoms with Gasteiger partial charge in [-0.05, 0) is 50.9 Å². The van der Waals surface area contributed by atoms with E-state index >= 15 is 0 Å². The third kappa shape index (κ3) is 9.04. The van der Waals surface area contributed by atoms with Crippen molar-refractivity contribution in [3.63, 3.8) is 0 Å². The second-order valence-electron chi connectivity index (χ2n) is 5.78. The van der Waals surface area contributed by atoms with Crippen molar-refractivity contribution in [1.29, 1.82) is 0 Å². The van der Waals surface area contributed by atoms with Gasteiger partial charge in [0.25, 0.3) is 0 Å². The molecule has 0 aromatic rings. The van der Waals surface area contributed by atoms with Crippen LogP contribution in [0.4, 0.5) is 0 Å². The third-order valence-corrected chi connectivity index (χ3v) is 4.14. The van der Waals surface area contributed by atoms with Crippen LogP contribution in [0, 0.1) is 5.92 Å². The summed E-state index contributed by atoms with van der Waals surface area (Å²) in [6.07, 6.45) is 22.1. The highest BCUT2D eigenvalue weighted by Gasteiger charge is 2.11. The molecule has 0 saturated carbocycles. The molecule has 0 fully saturated rings. The van der Waals surface area contributed by atoms with Gasteiger partial charge in [0, 0.05) is 0 Å². The lowest BCUT2D eigenvalue weighted by Crippen LogP contribution is -1.99. The van der Waals surface area contributed by atoms with Crippen LogP contribution in [-0.2, 0) is 0 Å². The Morgan fingerprint density at radius 1 is 1.05 bits per heavy atom. The lowest BCUT2D eigenvalue weighted by Gasteiger charge is -2.14. The Kier molecular flexibility index (Phi) is 12.1. The van der Waals surface area contributed by atoms with Crippen molar-refractivity contribution in [1.82, 2.24) is 0 Å². The molecule has 2 rings (SSSR count). The molecule has 0 aromatic heterocycles. The van der Waals surface area contributed by atoms with Gasteiger partial charge in [0.15, 0.2) is 0 Å². The average Bonchev–Trinajstić information content (AvgIpc) is 3.09. The molecule has 0 aromatic carbocycles. The van der Waals surface area contributed by atoms with Gasteiger partial charge in [-0.1, -0.05) is 63.3 Å². The molecule has 19 heavy (non-hydrogen) atoms. The second kappa shape index (κ2) is 12.5. The summed E-state index contributed by atoms with van der Waals surface area (Å²) in [5.41, 5.74) is 1.75. The fraction of sp³-hybridized carbons (Fsp3) is 0.778. The summed E-state index contributed by atoms with van der Waals surface area (Å²) in [6, 6.07) is 0. The van der Waals surface area contributed by atoms with E-state index in [4.69, 9.17) is 0 Å². The maximum absolute atomic E-state index is 2.48. The molecule has 1 nitrogen and oxygen atoms in total. The number of rotatable bonds is 6. The van der Waals surface area contributed by atoms with E-state index in [9.17, 15) is 0 Å². The SMILES string of the molecule is C1=CCCC1.CCCCC(CC)CC1=CCCC1.O. The molecule has 2 aliphatic carbocycles. The van der Waals surface area contributed by atoms with Crippen molar-refractivity contribution in [2.45, 2.75) is 84.5 Å². The maximum Gasteiger partial charge on any atom is -0.0292 e. The normalized spacial score (nSPS) is 18.3. The van der Waals surface area contributed by atoms with Crippen LogP contribution in [0.3, 0.4) is 0 Å². The van der Waals surface area contributed by atoms with Crippen LogP contribution >= 0.6 is 0 Å². The second-order valence-corrected chi connectivity index (χ2v) is 5.78. The van der Waals surface area contributed by atoms with Gasteiger partial charge in [-0.2, -0.15) is 0 Å². The van der Waals surface area contributed by atoms with Crippen molar-refractivity contribution in [3.05, 3.63) is 23.8 Å². The molecule has 0 aliphatic heterocycles. The summed E-state index contributed by atoms with van der Waals surface area (Å²) in [5.74, 6) is 0.976. The van der Waals surface area contributed by atoms with Crippen LogP contribution in [0.15, 0.2) is 23.8 Å². The van der Waals surface area contributed by atoms with Crippen molar-refractivity contribution >= 4 is 0 Å². The summed E-state index contributed by atoms with van der Waals surface area (Å²) < 4.78 is 0. The molecule has 1 heteroatoms. The fourth-order valence-electron chi connectivity index (χ4n) is 2.83. The summed E-state index contributed by atoms with van der Waals surface area (Å²) in [4.78, 5) is 0. The highest BCUT2D eigenvalue weighted by Crippen LogP contribution is 2.28. The smallest absolute Gasteiger partial charge is 0.0292 e. The average molecular weight is 266 g/mol. The third-order valence-electron chi connectivity index (χ3n) is 4.14. The highest BCUT2D eigenvalue weighted by molar-refractivity contribution is 5.08. The molecule has 0 amide bonds. The molecule has 0 saturated heterocycles. The molecule has 0 heterocycles. The zero-order valence-corrected chi connectivity index (χ0v) is 13.1. The summed E-state index contributed by atoms with van der Waals surface area (Å²) in [5, 5.41) is 0. The Labute approximate surface area is 120 Å². The summed E-state index contributed by atoms with van der Waals surface area (Å²) in [7, 11) is 0. The van der Waals surface area contributed by atoms with Crippen LogP contribution in [-0.4, -0.2) is 5.48 Å². The molecule has 2 N–H and O–H groups in total. The van der Waals surface area contributed by atoms with Gasteiger partial charge in [0.2, 0.25) is 0 Å². The van der Waals surface area contributed by atoms with Crippen molar-refractivity contribution in [2.75, 3.05) is 0 Å². The molecule has 1 unspecified atom stereocenters. The monoisotopic (exact) mass is 266 g/mol. The Morgan fingerprint density at radius 2 is 1.79 bits per heavy atom. The van der Waals surface area contributed by atoms with Gasteiger partial charge in [-0.25, -0.2) is 0 Å². The Hall–Kier alpha value is -0.560. The van der Waals surface area contributed by atoms with E-state index in [0.29, 0.717) is 0 Å². The lowest BCUT2D eigenvalue weighted by molar-refractivity contribution is 0.444. The van der Waals surface area contributed by atoms with E-state index in [1.165, 1.54) is 70.6 Å². The van der Waals surface area contributed by atoms with Crippen molar-refractivity contribution < 1.29 is 5.48 Å². The molecule has 0 radical (unpaired) electrons. The first-order valence-corrected chi connectivity index (χ1v) is 8.19. The van der Waals surface area contributed by atoms with Gasteiger partial charge in [0.1, 0.15) is 0 Å². The van der Waals surface area contributed by atoms with E-state index in [2.05, 4.69) is 32.1 Å². The number of hydrogen-bond acceptors (Lipinski definition) is 0. The Morgan fingerprint density at radius 3 is 2.21 bits per heavy atom. The minimum atomic E-state index is 0. The predicted octanol–water partition coefficient (Wildman–Crippen LogP) is 5.61. The summed E-state index contributed by atoms with van der Waals surface area (Å²) in [6.45, 7) is 4.64. The van der Waals surface area contributed by atoms with Crippen LogP contribution in [0.5, 0.6) is 0 Å². The zero-order chi connectivity index (χ0) is 13.1. The number of unbranched alkanes of at least 4 members (excludes halogenated alkanes) is 1. The quantitative estimate of drug-likeness (QED) is 0.560. The van der Waals surface area contributed by atoms with Crippen LogP contribution in [0.25, 0.3) is 0 Å². The number of hydrogen-bond donors (Lipinski definition) is 0. The molecule has 112 valence electrons. The molecule has 2 aliphatic rings. The fourth-order valence-corrected chi connectivity index (χ4v) is 2.83. The van der Waals surface area contributed by atoms with E-state index in [-0.39, 0.29) is 5.48 Å². The molecule has 0 bridgehead atoms. The van der Waals surface area contributed by atoms with Gasteiger partial charge < -0.3 is 5.48 Å². The maximum atomic E-state index is 2.48. The minimum absolute atomic E-state index is 0. The molecular formula is C18H34O. The van der Waals surface area contributed by atoms with Gasteiger partial charge in [-0.15, -0.1) is 0 Å². The molecule has 1 atom stereocenters. The first-order chi connectivity index (χ1) is 8.86. The molecule has 0 spiro atoms. The van der Waals surface area contributed by atoms with Crippen LogP contribution < -0.4 is 0 Å². The molecular weight excluding hydrogens is 232 g/mol. The van der Waals surface area contributed by atoms with E-state index in [0.717, 1.165) is 5.92 Å². The Bertz CT molecular complexity index is 246. The van der Waals surface area contributed by atoms with Crippen LogP contribution in [0.1, 0.15) is 84.5 Å². The van der Waals surface area contributed by atoms with Gasteiger partial charge in [-0.3, -0.25) is 0 Å². The van der Waals surface area contributed by atoms with Crippen molar-refractivity contribution in [2.24, 2.45) is 5.92 Å². The van der Waals surface area contributed by atoms with Gasteiger partial charge >= 0.3 is 0 Å². The van der Waals surface area contributed by atoms with Crippen molar-refractivity contribution in [3.8, 4) is 0 Å². The number of allylic oxidation sites excluding steroid dienone is 4. The first-order valence-electron chi connectivity index (χ1n) is 8.19. The van der Waals surface area contributed by atoms with E-state index in [1.54, 1.807) is 5.57 Å². The van der Waals surface area contributed by atoms with E-state index < -0.39 is 0 Å². The largest absolute Gasteiger partial charge is 0.412 e. The van der Waals surface area contributed by atoms with Gasteiger partial charge in [0.05, 0.1) is 0 Å². The lowest BCUT2D eigenvalue weighted by atomic mass is 9.92. The zero-order valence-electron chi connectivity index (χ0n) is 13.1. The standard InChI is InChI=1S/C13H24.C5H8.H2O/c1-3-5-8-12(4-2)11-13-9-6-7-10-13;1-2-4-5-3-1;/h9,12H,3-8,10-11H2,1-2H3;1-2H,3-5H2;1H2. The predicted molar refractivity (Wildman–Crippen MR) is 86.5 cm³/mol. The topological polar surface area (TPSA) is 31.5 Å². The van der Waals surface area contributed by atoms with Crippen LogP contribution in [0.2, 0.25) is 0 Å². The highest BCUT2D eigenvalue weighted by atomic mass is 16.0. The summed E-state index contributed by atoms with van der Waals surface area (Å²) >= 11 is 0.